The van der Waals surface area contributed by atoms with Gasteiger partial charge < -0.3 is 5.11 Å². The van der Waals surface area contributed by atoms with Crippen molar-refractivity contribution in [3.63, 3.8) is 0 Å². The van der Waals surface area contributed by atoms with E-state index >= 15 is 0 Å². The third-order valence-corrected chi connectivity index (χ3v) is 4.32. The van der Waals surface area contributed by atoms with Gasteiger partial charge >= 0.3 is 0 Å². The minimum Gasteiger partial charge on any atom is -0.392 e. The van der Waals surface area contributed by atoms with Crippen molar-refractivity contribution < 1.29 is 5.11 Å². The molecule has 1 saturated carbocycles. The van der Waals surface area contributed by atoms with Crippen LogP contribution in [0, 0.1) is 13.8 Å². The number of aliphatic hydroxyl groups is 1. The summed E-state index contributed by atoms with van der Waals surface area (Å²) >= 11 is 1.74. The van der Waals surface area contributed by atoms with Crippen molar-refractivity contribution in [2.45, 2.75) is 55.9 Å². The van der Waals surface area contributed by atoms with Crippen LogP contribution in [0.2, 0.25) is 0 Å². The van der Waals surface area contributed by atoms with Crippen molar-refractivity contribution in [3.8, 4) is 0 Å². The second-order valence-electron chi connectivity index (χ2n) is 4.63. The summed E-state index contributed by atoms with van der Waals surface area (Å²) < 4.78 is 0. The van der Waals surface area contributed by atoms with Crippen LogP contribution >= 0.6 is 11.8 Å². The SMILES string of the molecule is Cc1cc(C)nc(S[C@@H]2CCCC[C@H]2O)c1. The van der Waals surface area contributed by atoms with E-state index in [9.17, 15) is 5.11 Å². The monoisotopic (exact) mass is 237 g/mol. The summed E-state index contributed by atoms with van der Waals surface area (Å²) in [6, 6.07) is 4.19. The maximum absolute atomic E-state index is 9.92. The fourth-order valence-electron chi connectivity index (χ4n) is 2.23. The number of nitrogens with zero attached hydrogens (tertiary/aromatic N) is 1. The zero-order valence-electron chi connectivity index (χ0n) is 9.94. The zero-order valence-corrected chi connectivity index (χ0v) is 10.8. The van der Waals surface area contributed by atoms with Crippen LogP contribution in [0.25, 0.3) is 0 Å². The van der Waals surface area contributed by atoms with Gasteiger partial charge in [-0.2, -0.15) is 0 Å². The summed E-state index contributed by atoms with van der Waals surface area (Å²) in [6.07, 6.45) is 4.31. The highest BCUT2D eigenvalue weighted by molar-refractivity contribution is 7.99. The number of hydrogen-bond donors (Lipinski definition) is 1. The Morgan fingerprint density at radius 2 is 2.00 bits per heavy atom. The van der Waals surface area contributed by atoms with Crippen LogP contribution in [-0.2, 0) is 0 Å². The van der Waals surface area contributed by atoms with Crippen LogP contribution in [0.15, 0.2) is 17.2 Å². The summed E-state index contributed by atoms with van der Waals surface area (Å²) in [7, 11) is 0. The highest BCUT2D eigenvalue weighted by atomic mass is 32.2. The molecule has 88 valence electrons. The molecule has 1 fully saturated rings. The van der Waals surface area contributed by atoms with Gasteiger partial charge in [-0.05, 0) is 44.4 Å². The minimum atomic E-state index is -0.152. The van der Waals surface area contributed by atoms with Crippen LogP contribution in [-0.4, -0.2) is 21.4 Å². The van der Waals surface area contributed by atoms with Crippen molar-refractivity contribution in [1.29, 1.82) is 0 Å². The average molecular weight is 237 g/mol. The lowest BCUT2D eigenvalue weighted by Gasteiger charge is -2.26. The van der Waals surface area contributed by atoms with Gasteiger partial charge in [0.25, 0.3) is 0 Å². The Labute approximate surface area is 101 Å². The molecule has 0 amide bonds. The van der Waals surface area contributed by atoms with E-state index in [0.29, 0.717) is 5.25 Å². The second kappa shape index (κ2) is 5.19. The Balaban J connectivity index is 2.07. The summed E-state index contributed by atoms with van der Waals surface area (Å²) in [5.41, 5.74) is 2.31. The number of aryl methyl sites for hydroxylation is 2. The van der Waals surface area contributed by atoms with Gasteiger partial charge in [0.1, 0.15) is 0 Å². The Bertz CT molecular complexity index is 347. The zero-order chi connectivity index (χ0) is 11.5. The topological polar surface area (TPSA) is 33.1 Å². The molecule has 0 aromatic carbocycles. The molecular formula is C13H19NOS. The maximum Gasteiger partial charge on any atom is 0.0969 e. The average Bonchev–Trinajstić information content (AvgIpc) is 2.20. The molecule has 0 unspecified atom stereocenters. The predicted molar refractivity (Wildman–Crippen MR) is 67.8 cm³/mol. The van der Waals surface area contributed by atoms with E-state index in [1.54, 1.807) is 11.8 Å². The molecule has 1 N–H and O–H groups in total. The smallest absolute Gasteiger partial charge is 0.0969 e. The third kappa shape index (κ3) is 2.98. The number of thioether (sulfide) groups is 1. The summed E-state index contributed by atoms with van der Waals surface area (Å²) in [4.78, 5) is 4.51. The number of hydrogen-bond acceptors (Lipinski definition) is 3. The minimum absolute atomic E-state index is 0.152. The first-order valence-corrected chi connectivity index (χ1v) is 6.83. The van der Waals surface area contributed by atoms with E-state index < -0.39 is 0 Å². The highest BCUT2D eigenvalue weighted by Crippen LogP contribution is 2.33. The molecule has 2 nitrogen and oxygen atoms in total. The molecule has 2 rings (SSSR count). The van der Waals surface area contributed by atoms with Crippen molar-refractivity contribution >= 4 is 11.8 Å². The molecule has 1 aromatic heterocycles. The summed E-state index contributed by atoms with van der Waals surface area (Å²) in [6.45, 7) is 4.12. The van der Waals surface area contributed by atoms with Gasteiger partial charge in [0, 0.05) is 10.9 Å². The molecule has 0 saturated heterocycles. The van der Waals surface area contributed by atoms with E-state index in [0.717, 1.165) is 23.6 Å². The molecule has 1 aliphatic carbocycles. The number of aliphatic hydroxyl groups excluding tert-OH is 1. The predicted octanol–water partition coefficient (Wildman–Crippen LogP) is 3.09. The molecule has 0 bridgehead atoms. The van der Waals surface area contributed by atoms with Crippen molar-refractivity contribution in [2.75, 3.05) is 0 Å². The first-order chi connectivity index (χ1) is 7.65. The Hall–Kier alpha value is -0.540. The first-order valence-electron chi connectivity index (χ1n) is 5.95. The van der Waals surface area contributed by atoms with Crippen LogP contribution in [0.5, 0.6) is 0 Å². The van der Waals surface area contributed by atoms with Crippen molar-refractivity contribution in [1.82, 2.24) is 4.98 Å². The highest BCUT2D eigenvalue weighted by Gasteiger charge is 2.24. The molecular weight excluding hydrogens is 218 g/mol. The molecule has 1 aliphatic rings. The third-order valence-electron chi connectivity index (χ3n) is 3.01. The maximum atomic E-state index is 9.92. The number of rotatable bonds is 2. The molecule has 2 atom stereocenters. The van der Waals surface area contributed by atoms with Gasteiger partial charge in [-0.25, -0.2) is 4.98 Å². The Morgan fingerprint density at radius 1 is 1.25 bits per heavy atom. The fourth-order valence-corrected chi connectivity index (χ4v) is 3.57. The normalized spacial score (nSPS) is 25.7. The molecule has 3 heteroatoms. The van der Waals surface area contributed by atoms with Gasteiger partial charge in [0.15, 0.2) is 0 Å². The van der Waals surface area contributed by atoms with Crippen LogP contribution in [0.1, 0.15) is 36.9 Å². The van der Waals surface area contributed by atoms with Crippen molar-refractivity contribution in [3.05, 3.63) is 23.4 Å². The first kappa shape index (κ1) is 11.9. The van der Waals surface area contributed by atoms with Gasteiger partial charge in [-0.3, -0.25) is 0 Å². The Morgan fingerprint density at radius 3 is 2.69 bits per heavy atom. The second-order valence-corrected chi connectivity index (χ2v) is 5.89. The molecule has 0 spiro atoms. The van der Waals surface area contributed by atoms with Gasteiger partial charge in [-0.15, -0.1) is 11.8 Å². The number of pyridine rings is 1. The van der Waals surface area contributed by atoms with Crippen LogP contribution in [0.3, 0.4) is 0 Å². The van der Waals surface area contributed by atoms with E-state index in [1.165, 1.54) is 18.4 Å². The molecule has 0 radical (unpaired) electrons. The van der Waals surface area contributed by atoms with Gasteiger partial charge in [0.05, 0.1) is 11.1 Å². The molecule has 1 heterocycles. The fraction of sp³-hybridized carbons (Fsp3) is 0.615. The largest absolute Gasteiger partial charge is 0.392 e. The van der Waals surface area contributed by atoms with E-state index in [2.05, 4.69) is 24.0 Å². The van der Waals surface area contributed by atoms with Gasteiger partial charge in [0.2, 0.25) is 0 Å². The quantitative estimate of drug-likeness (QED) is 0.858. The lowest BCUT2D eigenvalue weighted by atomic mass is 9.97. The summed E-state index contributed by atoms with van der Waals surface area (Å²) in [5.74, 6) is 0. The van der Waals surface area contributed by atoms with Crippen LogP contribution < -0.4 is 0 Å². The lowest BCUT2D eigenvalue weighted by molar-refractivity contribution is 0.137. The molecule has 16 heavy (non-hydrogen) atoms. The molecule has 0 aliphatic heterocycles. The summed E-state index contributed by atoms with van der Waals surface area (Å²) in [5, 5.41) is 11.3. The Kier molecular flexibility index (Phi) is 3.87. The van der Waals surface area contributed by atoms with E-state index in [1.807, 2.05) is 6.92 Å². The van der Waals surface area contributed by atoms with E-state index in [4.69, 9.17) is 0 Å². The standard InChI is InChI=1S/C13H19NOS/c1-9-7-10(2)14-13(8-9)16-12-6-4-3-5-11(12)15/h7-8,11-12,15H,3-6H2,1-2H3/t11-,12-/m1/s1. The van der Waals surface area contributed by atoms with Crippen LogP contribution in [0.4, 0.5) is 0 Å². The van der Waals surface area contributed by atoms with E-state index in [-0.39, 0.29) is 6.10 Å². The number of aromatic nitrogens is 1. The van der Waals surface area contributed by atoms with Gasteiger partial charge in [-0.1, -0.05) is 12.8 Å². The van der Waals surface area contributed by atoms with Crippen molar-refractivity contribution in [2.24, 2.45) is 0 Å². The lowest BCUT2D eigenvalue weighted by Crippen LogP contribution is -2.26. The molecule has 1 aromatic rings.